The maximum Gasteiger partial charge on any atom is 0.0195 e. The van der Waals surface area contributed by atoms with Crippen LogP contribution in [0.5, 0.6) is 0 Å². The van der Waals surface area contributed by atoms with E-state index in [0.717, 1.165) is 18.1 Å². The van der Waals surface area contributed by atoms with Crippen molar-refractivity contribution in [2.24, 2.45) is 0 Å². The van der Waals surface area contributed by atoms with Gasteiger partial charge in [0.15, 0.2) is 0 Å². The quantitative estimate of drug-likeness (QED) is 0.810. The molecular formula is C13H24N2S. The number of hydrogen-bond donors (Lipinski definition) is 1. The standard InChI is InChI=1S/C13H24N2S/c1-2-11(14-7-1)10-15(12-3-4-12)13-5-8-16-9-6-13/h11-14H,1-10H2. The van der Waals surface area contributed by atoms with E-state index in [1.807, 2.05) is 0 Å². The first-order chi connectivity index (χ1) is 7.93. The lowest BCUT2D eigenvalue weighted by Crippen LogP contribution is -2.46. The van der Waals surface area contributed by atoms with Crippen molar-refractivity contribution in [3.63, 3.8) is 0 Å². The maximum absolute atomic E-state index is 3.66. The fourth-order valence-electron chi connectivity index (χ4n) is 3.19. The van der Waals surface area contributed by atoms with Crippen molar-refractivity contribution in [1.82, 2.24) is 10.2 Å². The first-order valence-corrected chi connectivity index (χ1v) is 8.16. The molecule has 1 atom stereocenters. The van der Waals surface area contributed by atoms with Gasteiger partial charge in [-0.15, -0.1) is 0 Å². The van der Waals surface area contributed by atoms with Gasteiger partial charge in [0.25, 0.3) is 0 Å². The molecule has 0 amide bonds. The first-order valence-electron chi connectivity index (χ1n) is 7.00. The Labute approximate surface area is 104 Å². The Hall–Kier alpha value is 0.270. The van der Waals surface area contributed by atoms with Gasteiger partial charge < -0.3 is 5.32 Å². The van der Waals surface area contributed by atoms with Gasteiger partial charge >= 0.3 is 0 Å². The maximum atomic E-state index is 3.66. The van der Waals surface area contributed by atoms with Crippen molar-refractivity contribution < 1.29 is 0 Å². The third kappa shape index (κ3) is 2.74. The highest BCUT2D eigenvalue weighted by Crippen LogP contribution is 2.33. The topological polar surface area (TPSA) is 15.3 Å². The van der Waals surface area contributed by atoms with Gasteiger partial charge in [-0.25, -0.2) is 0 Å². The van der Waals surface area contributed by atoms with Gasteiger partial charge in [0.1, 0.15) is 0 Å². The monoisotopic (exact) mass is 240 g/mol. The van der Waals surface area contributed by atoms with Crippen LogP contribution in [0.25, 0.3) is 0 Å². The third-order valence-electron chi connectivity index (χ3n) is 4.27. The van der Waals surface area contributed by atoms with Crippen LogP contribution in [0.2, 0.25) is 0 Å². The second kappa shape index (κ2) is 5.28. The molecule has 0 aromatic heterocycles. The molecule has 1 saturated carbocycles. The van der Waals surface area contributed by atoms with Crippen molar-refractivity contribution in [3.05, 3.63) is 0 Å². The molecule has 2 heterocycles. The molecule has 3 fully saturated rings. The molecule has 2 aliphatic heterocycles. The van der Waals surface area contributed by atoms with Crippen LogP contribution in [0.15, 0.2) is 0 Å². The summed E-state index contributed by atoms with van der Waals surface area (Å²) in [5.41, 5.74) is 0. The lowest BCUT2D eigenvalue weighted by Gasteiger charge is -2.36. The van der Waals surface area contributed by atoms with E-state index >= 15 is 0 Å². The van der Waals surface area contributed by atoms with Crippen LogP contribution in [-0.4, -0.2) is 47.6 Å². The fraction of sp³-hybridized carbons (Fsp3) is 1.00. The smallest absolute Gasteiger partial charge is 0.0195 e. The molecule has 0 bridgehead atoms. The predicted octanol–water partition coefficient (Wildman–Crippen LogP) is 2.10. The van der Waals surface area contributed by atoms with Crippen LogP contribution >= 0.6 is 11.8 Å². The van der Waals surface area contributed by atoms with Crippen molar-refractivity contribution in [3.8, 4) is 0 Å². The van der Waals surface area contributed by atoms with Crippen LogP contribution in [0.4, 0.5) is 0 Å². The molecule has 0 aromatic carbocycles. The van der Waals surface area contributed by atoms with Crippen LogP contribution in [-0.2, 0) is 0 Å². The summed E-state index contributed by atoms with van der Waals surface area (Å²) in [5, 5.41) is 3.66. The van der Waals surface area contributed by atoms with Gasteiger partial charge in [0.2, 0.25) is 0 Å². The van der Waals surface area contributed by atoms with E-state index in [-0.39, 0.29) is 0 Å². The average molecular weight is 240 g/mol. The van der Waals surface area contributed by atoms with Gasteiger partial charge in [0.05, 0.1) is 0 Å². The second-order valence-electron chi connectivity index (χ2n) is 5.56. The van der Waals surface area contributed by atoms with Crippen molar-refractivity contribution in [1.29, 1.82) is 0 Å². The highest BCUT2D eigenvalue weighted by atomic mass is 32.2. The van der Waals surface area contributed by atoms with Gasteiger partial charge in [-0.05, 0) is 56.6 Å². The van der Waals surface area contributed by atoms with E-state index in [2.05, 4.69) is 22.0 Å². The molecule has 92 valence electrons. The summed E-state index contributed by atoms with van der Waals surface area (Å²) in [5.74, 6) is 2.79. The molecule has 1 unspecified atom stereocenters. The van der Waals surface area contributed by atoms with Crippen LogP contribution in [0.3, 0.4) is 0 Å². The van der Waals surface area contributed by atoms with Crippen LogP contribution < -0.4 is 5.32 Å². The molecule has 2 saturated heterocycles. The summed E-state index contributed by atoms with van der Waals surface area (Å²) in [6.07, 6.45) is 8.61. The molecule has 0 aromatic rings. The zero-order valence-electron chi connectivity index (χ0n) is 10.2. The average Bonchev–Trinajstić information content (AvgIpc) is 3.05. The number of rotatable bonds is 4. The molecular weight excluding hydrogens is 216 g/mol. The lowest BCUT2D eigenvalue weighted by molar-refractivity contribution is 0.160. The second-order valence-corrected chi connectivity index (χ2v) is 6.79. The largest absolute Gasteiger partial charge is 0.313 e. The van der Waals surface area contributed by atoms with Gasteiger partial charge in [-0.2, -0.15) is 11.8 Å². The Morgan fingerprint density at radius 2 is 1.75 bits per heavy atom. The molecule has 1 aliphatic carbocycles. The highest BCUT2D eigenvalue weighted by Gasteiger charge is 2.35. The van der Waals surface area contributed by atoms with Crippen LogP contribution in [0.1, 0.15) is 38.5 Å². The third-order valence-corrected chi connectivity index (χ3v) is 5.32. The Morgan fingerprint density at radius 3 is 2.38 bits per heavy atom. The number of thioether (sulfide) groups is 1. The zero-order chi connectivity index (χ0) is 10.8. The van der Waals surface area contributed by atoms with E-state index in [1.54, 1.807) is 0 Å². The van der Waals surface area contributed by atoms with Crippen molar-refractivity contribution in [2.45, 2.75) is 56.7 Å². The lowest BCUT2D eigenvalue weighted by atomic mass is 10.1. The first kappa shape index (κ1) is 11.4. The number of hydrogen-bond acceptors (Lipinski definition) is 3. The summed E-state index contributed by atoms with van der Waals surface area (Å²) in [4.78, 5) is 2.86. The number of nitrogens with one attached hydrogen (secondary N) is 1. The van der Waals surface area contributed by atoms with E-state index < -0.39 is 0 Å². The minimum absolute atomic E-state index is 0.801. The number of nitrogens with zero attached hydrogens (tertiary/aromatic N) is 1. The van der Waals surface area contributed by atoms with E-state index in [1.165, 1.54) is 63.1 Å². The van der Waals surface area contributed by atoms with Crippen molar-refractivity contribution in [2.75, 3.05) is 24.6 Å². The molecule has 0 radical (unpaired) electrons. The molecule has 16 heavy (non-hydrogen) atoms. The summed E-state index contributed by atoms with van der Waals surface area (Å²) in [6.45, 7) is 2.59. The molecule has 3 aliphatic rings. The molecule has 3 heteroatoms. The predicted molar refractivity (Wildman–Crippen MR) is 71.1 cm³/mol. The molecule has 3 rings (SSSR count). The van der Waals surface area contributed by atoms with Gasteiger partial charge in [0, 0.05) is 24.7 Å². The fourth-order valence-corrected chi connectivity index (χ4v) is 4.27. The minimum atomic E-state index is 0.801. The summed E-state index contributed by atoms with van der Waals surface area (Å²) in [7, 11) is 0. The SMILES string of the molecule is C1CNC(CN(C2CCSCC2)C2CC2)C1. The Balaban J connectivity index is 1.56. The Bertz CT molecular complexity index is 218. The van der Waals surface area contributed by atoms with E-state index in [4.69, 9.17) is 0 Å². The molecule has 0 spiro atoms. The zero-order valence-corrected chi connectivity index (χ0v) is 11.0. The summed E-state index contributed by atoms with van der Waals surface area (Å²) in [6, 6.07) is 2.67. The van der Waals surface area contributed by atoms with Crippen molar-refractivity contribution >= 4 is 11.8 Å². The Kier molecular flexibility index (Phi) is 3.75. The normalized spacial score (nSPS) is 32.4. The minimum Gasteiger partial charge on any atom is -0.313 e. The van der Waals surface area contributed by atoms with Crippen LogP contribution in [0, 0.1) is 0 Å². The summed E-state index contributed by atoms with van der Waals surface area (Å²) >= 11 is 2.15. The van der Waals surface area contributed by atoms with Gasteiger partial charge in [-0.1, -0.05) is 0 Å². The summed E-state index contributed by atoms with van der Waals surface area (Å²) < 4.78 is 0. The Morgan fingerprint density at radius 1 is 1.00 bits per heavy atom. The van der Waals surface area contributed by atoms with Gasteiger partial charge in [-0.3, -0.25) is 4.90 Å². The molecule has 1 N–H and O–H groups in total. The highest BCUT2D eigenvalue weighted by molar-refractivity contribution is 7.99. The molecule has 2 nitrogen and oxygen atoms in total. The van der Waals surface area contributed by atoms with E-state index in [0.29, 0.717) is 0 Å². The van der Waals surface area contributed by atoms with E-state index in [9.17, 15) is 0 Å².